The number of fused-ring (bicyclic) bond motifs is 3. The van der Waals surface area contributed by atoms with Gasteiger partial charge in [0.1, 0.15) is 0 Å². The maximum atomic E-state index is 13.5. The molecule has 1 N–H and O–H groups in total. The summed E-state index contributed by atoms with van der Waals surface area (Å²) in [6.45, 7) is 0. The van der Waals surface area contributed by atoms with E-state index in [0.717, 1.165) is 47.4 Å². The molecular formula is C25H25N3O4S. The number of aliphatic hydroxyl groups excluding tert-OH is 1. The van der Waals surface area contributed by atoms with Crippen molar-refractivity contribution >= 4 is 31.5 Å². The molecule has 4 aromatic rings. The van der Waals surface area contributed by atoms with Gasteiger partial charge in [0.2, 0.25) is 0 Å². The Balaban J connectivity index is 1.64. The highest BCUT2D eigenvalue weighted by Gasteiger charge is 2.26. The Morgan fingerprint density at radius 2 is 1.79 bits per heavy atom. The first kappa shape index (κ1) is 21.7. The lowest BCUT2D eigenvalue weighted by Crippen LogP contribution is -2.34. The van der Waals surface area contributed by atoms with Crippen molar-refractivity contribution in [3.05, 3.63) is 76.5 Å². The van der Waals surface area contributed by atoms with Crippen LogP contribution in [0.5, 0.6) is 0 Å². The lowest BCUT2D eigenvalue weighted by Gasteiger charge is -2.29. The summed E-state index contributed by atoms with van der Waals surface area (Å²) in [6, 6.07) is 12.7. The maximum Gasteiger partial charge on any atom is 0.261 e. The largest absolute Gasteiger partial charge is 0.391 e. The Kier molecular flexibility index (Phi) is 5.50. The smallest absolute Gasteiger partial charge is 0.261 e. The minimum absolute atomic E-state index is 0.0349. The van der Waals surface area contributed by atoms with Crippen LogP contribution in [0.4, 0.5) is 0 Å². The summed E-state index contributed by atoms with van der Waals surface area (Å²) in [5.41, 5.74) is 2.28. The Morgan fingerprint density at radius 3 is 2.48 bits per heavy atom. The van der Waals surface area contributed by atoms with Crippen LogP contribution in [0.25, 0.3) is 21.7 Å². The molecule has 2 atom stereocenters. The van der Waals surface area contributed by atoms with Crippen molar-refractivity contribution in [3.63, 3.8) is 0 Å². The molecule has 1 aliphatic rings. The standard InChI is InChI=1S/C25H25N3O4S/c1-33(31,32)23-11-10-16(14-26-23)12-17-13-20-24(19-7-3-2-6-18(17)19)27-15-28(25(20)30)21-8-4-5-9-22(21)29/h2-3,6-7,10-11,13-15,21-22,29H,4-5,8-9,12H2,1H3/t21-,22-/m0/s1. The molecular weight excluding hydrogens is 438 g/mol. The van der Waals surface area contributed by atoms with Gasteiger partial charge in [0.15, 0.2) is 14.9 Å². The molecule has 0 aliphatic heterocycles. The van der Waals surface area contributed by atoms with Crippen molar-refractivity contribution in [2.45, 2.75) is 49.3 Å². The lowest BCUT2D eigenvalue weighted by atomic mass is 9.92. The second kappa shape index (κ2) is 8.35. The van der Waals surface area contributed by atoms with Crippen LogP contribution in [0.2, 0.25) is 0 Å². The molecule has 7 nitrogen and oxygen atoms in total. The van der Waals surface area contributed by atoms with E-state index in [9.17, 15) is 18.3 Å². The maximum absolute atomic E-state index is 13.5. The molecule has 2 heterocycles. The summed E-state index contributed by atoms with van der Waals surface area (Å²) in [6.07, 6.45) is 7.61. The molecule has 170 valence electrons. The zero-order valence-electron chi connectivity index (χ0n) is 18.3. The van der Waals surface area contributed by atoms with Gasteiger partial charge in [0.05, 0.1) is 29.4 Å². The zero-order chi connectivity index (χ0) is 23.2. The molecule has 1 saturated carbocycles. The van der Waals surface area contributed by atoms with Crippen LogP contribution in [0.15, 0.2) is 64.8 Å². The fourth-order valence-electron chi connectivity index (χ4n) is 4.80. The summed E-state index contributed by atoms with van der Waals surface area (Å²) in [4.78, 5) is 22.2. The van der Waals surface area contributed by atoms with Crippen molar-refractivity contribution in [1.82, 2.24) is 14.5 Å². The van der Waals surface area contributed by atoms with Crippen molar-refractivity contribution in [3.8, 4) is 0 Å². The fourth-order valence-corrected chi connectivity index (χ4v) is 5.36. The molecule has 33 heavy (non-hydrogen) atoms. The SMILES string of the molecule is CS(=O)(=O)c1ccc(Cc2cc3c(=O)n([C@H]4CCCC[C@@H]4O)cnc3c3ccccc23)cn1. The van der Waals surface area contributed by atoms with Gasteiger partial charge in [0.25, 0.3) is 5.56 Å². The van der Waals surface area contributed by atoms with Crippen LogP contribution in [0.3, 0.4) is 0 Å². The molecule has 0 amide bonds. The molecule has 2 aromatic carbocycles. The van der Waals surface area contributed by atoms with Crippen LogP contribution in [0.1, 0.15) is 42.9 Å². The first-order valence-corrected chi connectivity index (χ1v) is 13.0. The van der Waals surface area contributed by atoms with Crippen LogP contribution in [-0.2, 0) is 16.3 Å². The van der Waals surface area contributed by atoms with Crippen LogP contribution in [-0.4, -0.2) is 40.4 Å². The number of pyridine rings is 1. The number of rotatable bonds is 4. The molecule has 1 fully saturated rings. The Hall–Kier alpha value is -3.10. The summed E-state index contributed by atoms with van der Waals surface area (Å²) < 4.78 is 25.0. The molecule has 0 bridgehead atoms. The second-order valence-corrected chi connectivity index (χ2v) is 10.8. The topological polar surface area (TPSA) is 102 Å². The highest BCUT2D eigenvalue weighted by atomic mass is 32.2. The third kappa shape index (κ3) is 4.05. The number of benzene rings is 2. The predicted octanol–water partition coefficient (Wildman–Crippen LogP) is 3.42. The first-order chi connectivity index (χ1) is 15.8. The minimum Gasteiger partial charge on any atom is -0.391 e. The first-order valence-electron chi connectivity index (χ1n) is 11.1. The Labute approximate surface area is 191 Å². The van der Waals surface area contributed by atoms with E-state index in [-0.39, 0.29) is 16.6 Å². The van der Waals surface area contributed by atoms with Crippen LogP contribution in [0, 0.1) is 0 Å². The van der Waals surface area contributed by atoms with E-state index in [2.05, 4.69) is 9.97 Å². The van der Waals surface area contributed by atoms with Gasteiger partial charge in [-0.05, 0) is 47.9 Å². The number of aromatic nitrogens is 3. The summed E-state index contributed by atoms with van der Waals surface area (Å²) in [7, 11) is -3.37. The summed E-state index contributed by atoms with van der Waals surface area (Å²) >= 11 is 0. The molecule has 0 spiro atoms. The zero-order valence-corrected chi connectivity index (χ0v) is 19.1. The van der Waals surface area contributed by atoms with Gasteiger partial charge >= 0.3 is 0 Å². The van der Waals surface area contributed by atoms with Gasteiger partial charge in [-0.25, -0.2) is 18.4 Å². The molecule has 5 rings (SSSR count). The monoisotopic (exact) mass is 463 g/mol. The third-order valence-corrected chi connectivity index (χ3v) is 7.50. The second-order valence-electron chi connectivity index (χ2n) is 8.81. The van der Waals surface area contributed by atoms with E-state index in [1.54, 1.807) is 23.2 Å². The minimum atomic E-state index is -3.37. The van der Waals surface area contributed by atoms with Gasteiger partial charge in [-0.1, -0.05) is 43.2 Å². The normalized spacial score (nSPS) is 19.2. The van der Waals surface area contributed by atoms with Crippen molar-refractivity contribution in [1.29, 1.82) is 0 Å². The highest BCUT2D eigenvalue weighted by molar-refractivity contribution is 7.90. The Morgan fingerprint density at radius 1 is 1.03 bits per heavy atom. The van der Waals surface area contributed by atoms with Crippen LogP contribution >= 0.6 is 0 Å². The fraction of sp³-hybridized carbons (Fsp3) is 0.320. The van der Waals surface area contributed by atoms with Gasteiger partial charge in [-0.3, -0.25) is 9.36 Å². The van der Waals surface area contributed by atoms with Crippen LogP contribution < -0.4 is 5.56 Å². The molecule has 0 saturated heterocycles. The van der Waals surface area contributed by atoms with Crippen molar-refractivity contribution in [2.24, 2.45) is 0 Å². The Bertz CT molecular complexity index is 1510. The quantitative estimate of drug-likeness (QED) is 0.465. The van der Waals surface area contributed by atoms with Crippen molar-refractivity contribution < 1.29 is 13.5 Å². The molecule has 1 aliphatic carbocycles. The molecule has 0 unspecified atom stereocenters. The van der Waals surface area contributed by atoms with E-state index in [1.807, 2.05) is 30.3 Å². The van der Waals surface area contributed by atoms with E-state index < -0.39 is 15.9 Å². The number of nitrogens with zero attached hydrogens (tertiary/aromatic N) is 3. The number of sulfone groups is 1. The highest BCUT2D eigenvalue weighted by Crippen LogP contribution is 2.30. The summed E-state index contributed by atoms with van der Waals surface area (Å²) in [5.74, 6) is 0. The van der Waals surface area contributed by atoms with Gasteiger partial charge in [-0.15, -0.1) is 0 Å². The van der Waals surface area contributed by atoms with E-state index in [0.29, 0.717) is 23.7 Å². The number of hydrogen-bond donors (Lipinski definition) is 1. The van der Waals surface area contributed by atoms with Crippen molar-refractivity contribution in [2.75, 3.05) is 6.26 Å². The number of aliphatic hydroxyl groups is 1. The van der Waals surface area contributed by atoms with E-state index in [1.165, 1.54) is 6.07 Å². The molecule has 2 aromatic heterocycles. The van der Waals surface area contributed by atoms with E-state index >= 15 is 0 Å². The average molecular weight is 464 g/mol. The van der Waals surface area contributed by atoms with Gasteiger partial charge in [0, 0.05) is 17.8 Å². The lowest BCUT2D eigenvalue weighted by molar-refractivity contribution is 0.0735. The third-order valence-electron chi connectivity index (χ3n) is 6.50. The number of hydrogen-bond acceptors (Lipinski definition) is 6. The van der Waals surface area contributed by atoms with Gasteiger partial charge in [-0.2, -0.15) is 0 Å². The average Bonchev–Trinajstić information content (AvgIpc) is 2.80. The molecule has 8 heteroatoms. The molecule has 0 radical (unpaired) electrons. The van der Waals surface area contributed by atoms with E-state index in [4.69, 9.17) is 0 Å². The predicted molar refractivity (Wildman–Crippen MR) is 127 cm³/mol. The van der Waals surface area contributed by atoms with Gasteiger partial charge < -0.3 is 5.11 Å². The summed E-state index contributed by atoms with van der Waals surface area (Å²) in [5, 5.41) is 12.9.